The lowest BCUT2D eigenvalue weighted by molar-refractivity contribution is 0.441. The highest BCUT2D eigenvalue weighted by Crippen LogP contribution is 2.34. The zero-order valence-electron chi connectivity index (χ0n) is 9.37. The molecule has 0 aliphatic carbocycles. The molecule has 0 unspecified atom stereocenters. The number of aromatic hydroxyl groups is 1. The molecule has 15 heavy (non-hydrogen) atoms. The molecule has 0 aliphatic heterocycles. The first-order valence-corrected chi connectivity index (χ1v) is 5.89. The third-order valence-electron chi connectivity index (χ3n) is 2.30. The van der Waals surface area contributed by atoms with E-state index in [1.54, 1.807) is 6.92 Å². The molecule has 0 amide bonds. The summed E-state index contributed by atoms with van der Waals surface area (Å²) in [6, 6.07) is 3.02. The zero-order valence-corrected chi connectivity index (χ0v) is 10.3. The number of phenolic OH excluding ortho intramolecular Hbond substituents is 1. The fraction of sp³-hybridized carbons (Fsp3) is 0.455. The molecule has 0 spiro atoms. The molecule has 0 fully saturated rings. The Bertz CT molecular complexity index is 446. The van der Waals surface area contributed by atoms with Crippen LogP contribution in [0.2, 0.25) is 0 Å². The van der Waals surface area contributed by atoms with Gasteiger partial charge in [-0.3, -0.25) is 0 Å². The molecule has 0 heterocycles. The van der Waals surface area contributed by atoms with E-state index in [0.717, 1.165) is 0 Å². The van der Waals surface area contributed by atoms with Gasteiger partial charge in [0.15, 0.2) is 10.7 Å². The normalized spacial score (nSPS) is 12.1. The van der Waals surface area contributed by atoms with Gasteiger partial charge in [-0.05, 0) is 30.0 Å². The second kappa shape index (κ2) is 3.85. The lowest BCUT2D eigenvalue weighted by atomic mass is 9.85. The van der Waals surface area contributed by atoms with Gasteiger partial charge in [-0.1, -0.05) is 20.8 Å². The fourth-order valence-electron chi connectivity index (χ4n) is 1.44. The Kier molecular flexibility index (Phi) is 3.09. The van der Waals surface area contributed by atoms with Crippen molar-refractivity contribution in [3.05, 3.63) is 23.3 Å². The number of thiol groups is 1. The maximum Gasteiger partial charge on any atom is 0.168 e. The van der Waals surface area contributed by atoms with Crippen LogP contribution in [0.15, 0.2) is 17.0 Å². The van der Waals surface area contributed by atoms with Crippen LogP contribution in [0.3, 0.4) is 0 Å². The largest absolute Gasteiger partial charge is 0.507 e. The molecule has 1 aromatic rings. The van der Waals surface area contributed by atoms with Gasteiger partial charge in [0.05, 0.1) is 4.90 Å². The monoisotopic (exact) mass is 228 g/mol. The van der Waals surface area contributed by atoms with E-state index in [9.17, 15) is 13.5 Å². The lowest BCUT2D eigenvalue weighted by Crippen LogP contribution is -2.12. The first-order valence-electron chi connectivity index (χ1n) is 4.72. The second-order valence-electron chi connectivity index (χ2n) is 4.67. The number of rotatable bonds is 1. The second-order valence-corrected chi connectivity index (χ2v) is 5.70. The van der Waals surface area contributed by atoms with E-state index < -0.39 is 10.7 Å². The molecule has 1 rings (SSSR count). The molecule has 84 valence electrons. The molecule has 0 aromatic heterocycles. The van der Waals surface area contributed by atoms with E-state index >= 15 is 0 Å². The van der Waals surface area contributed by atoms with E-state index in [-0.39, 0.29) is 16.1 Å². The van der Waals surface area contributed by atoms with Gasteiger partial charge < -0.3 is 5.11 Å². The Morgan fingerprint density at radius 1 is 1.20 bits per heavy atom. The Morgan fingerprint density at radius 3 is 2.13 bits per heavy atom. The van der Waals surface area contributed by atoms with Crippen LogP contribution in [0.4, 0.5) is 0 Å². The minimum atomic E-state index is -2.60. The maximum absolute atomic E-state index is 10.9. The third kappa shape index (κ3) is 2.50. The van der Waals surface area contributed by atoms with Gasteiger partial charge in [0.1, 0.15) is 5.75 Å². The summed E-state index contributed by atoms with van der Waals surface area (Å²) in [5.41, 5.74) is 0.990. The van der Waals surface area contributed by atoms with Gasteiger partial charge >= 0.3 is 0 Å². The smallest absolute Gasteiger partial charge is 0.168 e. The number of hydrogen-bond acceptors (Lipinski definition) is 3. The van der Waals surface area contributed by atoms with Crippen molar-refractivity contribution < 1.29 is 13.5 Å². The maximum atomic E-state index is 10.9. The minimum Gasteiger partial charge on any atom is -0.507 e. The molecule has 0 bridgehead atoms. The van der Waals surface area contributed by atoms with Crippen LogP contribution in [-0.4, -0.2) is 13.5 Å². The van der Waals surface area contributed by atoms with E-state index in [0.29, 0.717) is 11.1 Å². The van der Waals surface area contributed by atoms with Crippen molar-refractivity contribution in [2.75, 3.05) is 0 Å². The van der Waals surface area contributed by atoms with Gasteiger partial charge in [0.25, 0.3) is 0 Å². The topological polar surface area (TPSA) is 54.4 Å². The predicted octanol–water partition coefficient (Wildman–Crippen LogP) is 1.97. The highest BCUT2D eigenvalue weighted by molar-refractivity contribution is 7.72. The molecule has 3 nitrogen and oxygen atoms in total. The predicted molar refractivity (Wildman–Crippen MR) is 60.1 cm³/mol. The van der Waals surface area contributed by atoms with Crippen molar-refractivity contribution in [1.82, 2.24) is 0 Å². The van der Waals surface area contributed by atoms with Crippen LogP contribution in [0.1, 0.15) is 31.9 Å². The summed E-state index contributed by atoms with van der Waals surface area (Å²) < 4.78 is 21.8. The molecular formula is C11H16O3S. The quantitative estimate of drug-likeness (QED) is 0.722. The number of aryl methyl sites for hydroxylation is 1. The molecule has 0 radical (unpaired) electrons. The standard InChI is InChI=1S/C11H16O3S/c1-7-5-8(15(13)14)6-9(10(7)12)11(2,3)4/h5-6,12,15H,1-4H3. The van der Waals surface area contributed by atoms with Gasteiger partial charge in [0, 0.05) is 5.56 Å². The van der Waals surface area contributed by atoms with Crippen LogP contribution in [-0.2, 0) is 16.1 Å². The SMILES string of the molecule is Cc1cc([SH](=O)=O)cc(C(C)(C)C)c1O. The van der Waals surface area contributed by atoms with Gasteiger partial charge in [0.2, 0.25) is 0 Å². The summed E-state index contributed by atoms with van der Waals surface area (Å²) in [7, 11) is -2.60. The van der Waals surface area contributed by atoms with E-state index in [2.05, 4.69) is 0 Å². The Balaban J connectivity index is 3.52. The molecule has 4 heteroatoms. The summed E-state index contributed by atoms with van der Waals surface area (Å²) in [5, 5.41) is 9.84. The number of benzene rings is 1. The molecule has 0 saturated heterocycles. The first-order chi connectivity index (χ1) is 6.73. The molecular weight excluding hydrogens is 212 g/mol. The average Bonchev–Trinajstić information content (AvgIpc) is 2.06. The van der Waals surface area contributed by atoms with Crippen LogP contribution in [0.25, 0.3) is 0 Å². The summed E-state index contributed by atoms with van der Waals surface area (Å²) in [4.78, 5) is 0.255. The highest BCUT2D eigenvalue weighted by atomic mass is 32.2. The number of phenols is 1. The zero-order chi connectivity index (χ0) is 11.8. The fourth-order valence-corrected chi connectivity index (χ4v) is 1.97. The first kappa shape index (κ1) is 12.0. The average molecular weight is 228 g/mol. The van der Waals surface area contributed by atoms with Crippen LogP contribution in [0.5, 0.6) is 5.75 Å². The van der Waals surface area contributed by atoms with E-state index in [4.69, 9.17) is 0 Å². The van der Waals surface area contributed by atoms with Crippen LogP contribution in [0, 0.1) is 6.92 Å². The summed E-state index contributed by atoms with van der Waals surface area (Å²) in [6.07, 6.45) is 0. The Labute approximate surface area is 91.7 Å². The Hall–Kier alpha value is -1.03. The van der Waals surface area contributed by atoms with Crippen LogP contribution < -0.4 is 0 Å². The van der Waals surface area contributed by atoms with E-state index in [1.807, 2.05) is 20.8 Å². The molecule has 1 aromatic carbocycles. The highest BCUT2D eigenvalue weighted by Gasteiger charge is 2.20. The Morgan fingerprint density at radius 2 is 1.73 bits per heavy atom. The molecule has 0 saturated carbocycles. The molecule has 1 N–H and O–H groups in total. The van der Waals surface area contributed by atoms with Crippen LogP contribution >= 0.6 is 0 Å². The lowest BCUT2D eigenvalue weighted by Gasteiger charge is -2.21. The molecule has 0 aliphatic rings. The van der Waals surface area contributed by atoms with Gasteiger partial charge in [-0.25, -0.2) is 8.42 Å². The minimum absolute atomic E-state index is 0.183. The third-order valence-corrected chi connectivity index (χ3v) is 2.98. The summed E-state index contributed by atoms with van der Waals surface area (Å²) in [5.74, 6) is 0.183. The summed E-state index contributed by atoms with van der Waals surface area (Å²) >= 11 is 0. The summed E-state index contributed by atoms with van der Waals surface area (Å²) in [6.45, 7) is 7.50. The van der Waals surface area contributed by atoms with Crippen molar-refractivity contribution in [2.24, 2.45) is 0 Å². The van der Waals surface area contributed by atoms with Crippen molar-refractivity contribution in [2.45, 2.75) is 38.0 Å². The van der Waals surface area contributed by atoms with Crippen molar-refractivity contribution in [3.8, 4) is 5.75 Å². The van der Waals surface area contributed by atoms with Gasteiger partial charge in [-0.2, -0.15) is 0 Å². The number of hydrogen-bond donors (Lipinski definition) is 2. The van der Waals surface area contributed by atoms with E-state index in [1.165, 1.54) is 12.1 Å². The van der Waals surface area contributed by atoms with Crippen molar-refractivity contribution in [1.29, 1.82) is 0 Å². The van der Waals surface area contributed by atoms with Crippen molar-refractivity contribution >= 4 is 10.7 Å². The van der Waals surface area contributed by atoms with Crippen molar-refractivity contribution in [3.63, 3.8) is 0 Å². The van der Waals surface area contributed by atoms with Gasteiger partial charge in [-0.15, -0.1) is 0 Å². The molecule has 0 atom stereocenters.